The van der Waals surface area contributed by atoms with E-state index in [0.29, 0.717) is 6.42 Å². The van der Waals surface area contributed by atoms with Gasteiger partial charge in [-0.3, -0.25) is 9.59 Å². The van der Waals surface area contributed by atoms with Crippen LogP contribution in [0, 0.1) is 0 Å². The Morgan fingerprint density at radius 3 is 2.33 bits per heavy atom. The highest BCUT2D eigenvalue weighted by molar-refractivity contribution is 6.10. The molecule has 0 heterocycles. The summed E-state index contributed by atoms with van der Waals surface area (Å²) >= 11 is 0. The first-order valence-corrected chi connectivity index (χ1v) is 7.13. The summed E-state index contributed by atoms with van der Waals surface area (Å²) in [6, 6.07) is 0. The first-order valence-electron chi connectivity index (χ1n) is 7.13. The highest BCUT2D eigenvalue weighted by Gasteiger charge is 2.35. The molecule has 102 valence electrons. The lowest BCUT2D eigenvalue weighted by Gasteiger charge is -2.27. The summed E-state index contributed by atoms with van der Waals surface area (Å²) in [6.07, 6.45) is 11.9. The molecule has 0 fully saturated rings. The van der Waals surface area contributed by atoms with Crippen LogP contribution in [0.15, 0.2) is 12.2 Å². The fourth-order valence-corrected chi connectivity index (χ4v) is 2.40. The van der Waals surface area contributed by atoms with Gasteiger partial charge in [-0.25, -0.2) is 0 Å². The molecule has 0 amide bonds. The van der Waals surface area contributed by atoms with Crippen molar-refractivity contribution < 1.29 is 9.59 Å². The summed E-state index contributed by atoms with van der Waals surface area (Å²) < 4.78 is 0. The average Bonchev–Trinajstić information content (AvgIpc) is 2.33. The van der Waals surface area contributed by atoms with Crippen molar-refractivity contribution in [3.63, 3.8) is 0 Å². The second kappa shape index (κ2) is 7.47. The zero-order chi connectivity index (χ0) is 13.4. The number of nitrogens with two attached hydrogens (primary N) is 1. The molecular formula is C15H25NO2. The van der Waals surface area contributed by atoms with E-state index in [1.807, 2.05) is 0 Å². The predicted molar refractivity (Wildman–Crippen MR) is 73.3 cm³/mol. The standard InChI is InChI=1S/C15H25NO2/c1-2-3-4-5-6-7-8-11-15(16)12-13(17)9-10-14(15)18/h9-10H,2-8,11-12,16H2,1H3. The minimum Gasteiger partial charge on any atom is -0.318 e. The van der Waals surface area contributed by atoms with Crippen molar-refractivity contribution in [2.75, 3.05) is 0 Å². The highest BCUT2D eigenvalue weighted by atomic mass is 16.1. The Hall–Kier alpha value is -0.960. The second-order valence-electron chi connectivity index (χ2n) is 5.37. The van der Waals surface area contributed by atoms with Crippen LogP contribution in [-0.4, -0.2) is 17.1 Å². The van der Waals surface area contributed by atoms with Gasteiger partial charge in [0.15, 0.2) is 11.6 Å². The molecule has 0 spiro atoms. The maximum absolute atomic E-state index is 11.7. The summed E-state index contributed by atoms with van der Waals surface area (Å²) in [7, 11) is 0. The summed E-state index contributed by atoms with van der Waals surface area (Å²) in [5.41, 5.74) is 5.11. The summed E-state index contributed by atoms with van der Waals surface area (Å²) in [5, 5.41) is 0. The Labute approximate surface area is 110 Å². The normalized spacial score (nSPS) is 23.7. The van der Waals surface area contributed by atoms with Crippen molar-refractivity contribution in [3.8, 4) is 0 Å². The number of rotatable bonds is 8. The van der Waals surface area contributed by atoms with Gasteiger partial charge in [0, 0.05) is 6.42 Å². The lowest BCUT2D eigenvalue weighted by Crippen LogP contribution is -2.50. The number of carbonyl (C=O) groups is 2. The van der Waals surface area contributed by atoms with Crippen molar-refractivity contribution in [2.45, 2.75) is 70.3 Å². The Morgan fingerprint density at radius 2 is 1.67 bits per heavy atom. The fourth-order valence-electron chi connectivity index (χ4n) is 2.40. The first-order chi connectivity index (χ1) is 8.58. The van der Waals surface area contributed by atoms with Crippen molar-refractivity contribution in [3.05, 3.63) is 12.2 Å². The van der Waals surface area contributed by atoms with Crippen LogP contribution >= 0.6 is 0 Å². The molecular weight excluding hydrogens is 226 g/mol. The molecule has 1 aliphatic rings. The molecule has 18 heavy (non-hydrogen) atoms. The van der Waals surface area contributed by atoms with Crippen LogP contribution in [0.25, 0.3) is 0 Å². The van der Waals surface area contributed by atoms with E-state index < -0.39 is 5.54 Å². The van der Waals surface area contributed by atoms with E-state index >= 15 is 0 Å². The van der Waals surface area contributed by atoms with E-state index in [-0.39, 0.29) is 18.0 Å². The van der Waals surface area contributed by atoms with E-state index in [1.54, 1.807) is 0 Å². The van der Waals surface area contributed by atoms with E-state index in [9.17, 15) is 9.59 Å². The maximum atomic E-state index is 11.7. The molecule has 3 heteroatoms. The number of allylic oxidation sites excluding steroid dienone is 1. The zero-order valence-electron chi connectivity index (χ0n) is 11.4. The predicted octanol–water partition coefficient (Wildman–Crippen LogP) is 2.92. The van der Waals surface area contributed by atoms with E-state index in [1.165, 1.54) is 44.3 Å². The number of ketones is 2. The van der Waals surface area contributed by atoms with Crippen molar-refractivity contribution in [1.82, 2.24) is 0 Å². The topological polar surface area (TPSA) is 60.2 Å². The van der Waals surface area contributed by atoms with Gasteiger partial charge in [-0.15, -0.1) is 0 Å². The number of hydrogen-bond donors (Lipinski definition) is 1. The van der Waals surface area contributed by atoms with E-state index in [2.05, 4.69) is 6.92 Å². The van der Waals surface area contributed by atoms with Gasteiger partial charge >= 0.3 is 0 Å². The van der Waals surface area contributed by atoms with Crippen LogP contribution < -0.4 is 5.73 Å². The van der Waals surface area contributed by atoms with Crippen molar-refractivity contribution in [1.29, 1.82) is 0 Å². The molecule has 1 rings (SSSR count). The third kappa shape index (κ3) is 4.73. The van der Waals surface area contributed by atoms with Crippen LogP contribution in [-0.2, 0) is 9.59 Å². The van der Waals surface area contributed by atoms with Crippen LogP contribution in [0.4, 0.5) is 0 Å². The smallest absolute Gasteiger partial charge is 0.176 e. The summed E-state index contributed by atoms with van der Waals surface area (Å²) in [4.78, 5) is 23.0. The molecule has 1 aliphatic carbocycles. The molecule has 0 radical (unpaired) electrons. The van der Waals surface area contributed by atoms with E-state index in [4.69, 9.17) is 5.73 Å². The van der Waals surface area contributed by atoms with Gasteiger partial charge < -0.3 is 5.73 Å². The van der Waals surface area contributed by atoms with E-state index in [0.717, 1.165) is 12.8 Å². The lowest BCUT2D eigenvalue weighted by molar-refractivity contribution is -0.126. The Bertz CT molecular complexity index is 322. The Kier molecular flexibility index (Phi) is 6.27. The van der Waals surface area contributed by atoms with Gasteiger partial charge in [0.25, 0.3) is 0 Å². The van der Waals surface area contributed by atoms with Crippen molar-refractivity contribution >= 4 is 11.6 Å². The second-order valence-corrected chi connectivity index (χ2v) is 5.37. The van der Waals surface area contributed by atoms with Gasteiger partial charge in [0.2, 0.25) is 0 Å². The quantitative estimate of drug-likeness (QED) is 0.675. The van der Waals surface area contributed by atoms with Crippen LogP contribution in [0.1, 0.15) is 64.7 Å². The monoisotopic (exact) mass is 251 g/mol. The van der Waals surface area contributed by atoms with Gasteiger partial charge in [0.05, 0.1) is 5.54 Å². The lowest BCUT2D eigenvalue weighted by atomic mass is 9.80. The maximum Gasteiger partial charge on any atom is 0.176 e. The summed E-state index contributed by atoms with van der Waals surface area (Å²) in [6.45, 7) is 2.21. The largest absolute Gasteiger partial charge is 0.318 e. The van der Waals surface area contributed by atoms with Gasteiger partial charge in [0.1, 0.15) is 0 Å². The number of hydrogen-bond acceptors (Lipinski definition) is 3. The summed E-state index contributed by atoms with van der Waals surface area (Å²) in [5.74, 6) is -0.117. The van der Waals surface area contributed by atoms with Crippen molar-refractivity contribution in [2.24, 2.45) is 5.73 Å². The van der Waals surface area contributed by atoms with Gasteiger partial charge in [-0.1, -0.05) is 51.9 Å². The van der Waals surface area contributed by atoms with Crippen LogP contribution in [0.3, 0.4) is 0 Å². The van der Waals surface area contributed by atoms with Gasteiger partial charge in [-0.05, 0) is 18.6 Å². The minimum atomic E-state index is -0.921. The molecule has 0 aromatic heterocycles. The fraction of sp³-hybridized carbons (Fsp3) is 0.733. The molecule has 1 atom stereocenters. The molecule has 3 nitrogen and oxygen atoms in total. The molecule has 0 bridgehead atoms. The highest BCUT2D eigenvalue weighted by Crippen LogP contribution is 2.22. The molecule has 0 saturated carbocycles. The number of unbranched alkanes of at least 4 members (excludes halogenated alkanes) is 6. The Balaban J connectivity index is 2.20. The minimum absolute atomic E-state index is 0.0277. The molecule has 0 aromatic rings. The first kappa shape index (κ1) is 15.1. The van der Waals surface area contributed by atoms with Crippen LogP contribution in [0.5, 0.6) is 0 Å². The molecule has 0 aromatic carbocycles. The molecule has 0 aliphatic heterocycles. The third-order valence-corrected chi connectivity index (χ3v) is 3.63. The third-order valence-electron chi connectivity index (χ3n) is 3.63. The molecule has 1 unspecified atom stereocenters. The zero-order valence-corrected chi connectivity index (χ0v) is 11.4. The SMILES string of the molecule is CCCCCCCCCC1(N)CC(=O)C=CC1=O. The molecule has 2 N–H and O–H groups in total. The molecule has 0 saturated heterocycles. The number of carbonyl (C=O) groups excluding carboxylic acids is 2. The Morgan fingerprint density at radius 1 is 1.06 bits per heavy atom. The van der Waals surface area contributed by atoms with Gasteiger partial charge in [-0.2, -0.15) is 0 Å². The average molecular weight is 251 g/mol. The van der Waals surface area contributed by atoms with Crippen LogP contribution in [0.2, 0.25) is 0 Å².